The van der Waals surface area contributed by atoms with Crippen molar-refractivity contribution in [3.8, 4) is 0 Å². The molecule has 3 aliphatic rings. The third kappa shape index (κ3) is 3.51. The van der Waals surface area contributed by atoms with E-state index in [1.165, 1.54) is 5.56 Å². The highest BCUT2D eigenvalue weighted by atomic mass is 16.3. The quantitative estimate of drug-likeness (QED) is 0.838. The van der Waals surface area contributed by atoms with Crippen LogP contribution >= 0.6 is 0 Å². The van der Waals surface area contributed by atoms with E-state index in [4.69, 9.17) is 0 Å². The Hall–Kier alpha value is -2.67. The lowest BCUT2D eigenvalue weighted by molar-refractivity contribution is -0.122. The van der Waals surface area contributed by atoms with Crippen molar-refractivity contribution in [1.82, 2.24) is 9.97 Å². The number of aromatic nitrogens is 2. The number of aliphatic hydroxyl groups is 1. The van der Waals surface area contributed by atoms with Crippen molar-refractivity contribution in [2.75, 3.05) is 47.5 Å². The lowest BCUT2D eigenvalue weighted by Gasteiger charge is -2.34. The van der Waals surface area contributed by atoms with E-state index in [-0.39, 0.29) is 24.5 Å². The molecule has 0 aliphatic carbocycles. The van der Waals surface area contributed by atoms with E-state index in [0.717, 1.165) is 75.6 Å². The highest BCUT2D eigenvalue weighted by Gasteiger charge is 2.33. The Labute approximate surface area is 177 Å². The van der Waals surface area contributed by atoms with Crippen molar-refractivity contribution in [1.29, 1.82) is 0 Å². The molecule has 1 amide bonds. The minimum Gasteiger partial charge on any atom is -0.394 e. The molecule has 1 aromatic heterocycles. The van der Waals surface area contributed by atoms with Crippen LogP contribution in [-0.2, 0) is 11.2 Å². The van der Waals surface area contributed by atoms with Crippen LogP contribution in [0.1, 0.15) is 31.2 Å². The fourth-order valence-electron chi connectivity index (χ4n) is 5.14. The van der Waals surface area contributed by atoms with Gasteiger partial charge in [0.1, 0.15) is 18.0 Å². The first-order chi connectivity index (χ1) is 14.7. The highest BCUT2D eigenvalue weighted by molar-refractivity contribution is 5.97. The molecule has 30 heavy (non-hydrogen) atoms. The SMILES string of the molecule is O=C(C1CCN(c2cc(N3CCCC3CO)ncn2)CC1)N1CCc2ccccc21. The molecule has 1 atom stereocenters. The van der Waals surface area contributed by atoms with Crippen molar-refractivity contribution in [2.24, 2.45) is 5.92 Å². The molecule has 1 N–H and O–H groups in total. The van der Waals surface area contributed by atoms with Gasteiger partial charge in [-0.25, -0.2) is 9.97 Å². The number of hydrogen-bond donors (Lipinski definition) is 1. The summed E-state index contributed by atoms with van der Waals surface area (Å²) in [6.45, 7) is 3.54. The van der Waals surface area contributed by atoms with Crippen LogP contribution in [-0.4, -0.2) is 59.8 Å². The van der Waals surface area contributed by atoms with Crippen LogP contribution in [0.5, 0.6) is 0 Å². The Kier molecular flexibility index (Phi) is 5.29. The first-order valence-electron chi connectivity index (χ1n) is 11.1. The maximum atomic E-state index is 13.2. The molecule has 4 heterocycles. The van der Waals surface area contributed by atoms with E-state index in [1.807, 2.05) is 23.1 Å². The zero-order valence-electron chi connectivity index (χ0n) is 17.3. The summed E-state index contributed by atoms with van der Waals surface area (Å²) < 4.78 is 0. The van der Waals surface area contributed by atoms with Gasteiger partial charge in [0, 0.05) is 43.9 Å². The van der Waals surface area contributed by atoms with Crippen LogP contribution in [0.4, 0.5) is 17.3 Å². The van der Waals surface area contributed by atoms with Gasteiger partial charge in [-0.15, -0.1) is 0 Å². The first kappa shape index (κ1) is 19.3. The van der Waals surface area contributed by atoms with Gasteiger partial charge in [0.05, 0.1) is 12.6 Å². The second-order valence-electron chi connectivity index (χ2n) is 8.54. The fourth-order valence-corrected chi connectivity index (χ4v) is 5.14. The van der Waals surface area contributed by atoms with Crippen LogP contribution in [0.25, 0.3) is 0 Å². The minimum absolute atomic E-state index is 0.0751. The van der Waals surface area contributed by atoms with Gasteiger partial charge in [-0.2, -0.15) is 0 Å². The molecule has 1 unspecified atom stereocenters. The van der Waals surface area contributed by atoms with Gasteiger partial charge in [-0.05, 0) is 43.7 Å². The number of carbonyl (C=O) groups is 1. The second kappa shape index (κ2) is 8.22. The zero-order chi connectivity index (χ0) is 20.5. The lowest BCUT2D eigenvalue weighted by atomic mass is 9.95. The molecule has 5 rings (SSSR count). The fraction of sp³-hybridized carbons (Fsp3) is 0.522. The van der Waals surface area contributed by atoms with Crippen LogP contribution in [0.2, 0.25) is 0 Å². The van der Waals surface area contributed by atoms with Crippen LogP contribution in [0, 0.1) is 5.92 Å². The number of fused-ring (bicyclic) bond motifs is 1. The summed E-state index contributed by atoms with van der Waals surface area (Å²) in [7, 11) is 0. The Balaban J connectivity index is 1.23. The summed E-state index contributed by atoms with van der Waals surface area (Å²) >= 11 is 0. The van der Waals surface area contributed by atoms with Gasteiger partial charge >= 0.3 is 0 Å². The van der Waals surface area contributed by atoms with Crippen molar-refractivity contribution >= 4 is 23.2 Å². The van der Waals surface area contributed by atoms with Crippen molar-refractivity contribution in [3.63, 3.8) is 0 Å². The molecule has 1 aromatic carbocycles. The van der Waals surface area contributed by atoms with Gasteiger partial charge in [0.25, 0.3) is 0 Å². The third-order valence-corrected chi connectivity index (χ3v) is 6.84. The molecule has 3 aliphatic heterocycles. The number of nitrogens with zero attached hydrogens (tertiary/aromatic N) is 5. The number of hydrogen-bond acceptors (Lipinski definition) is 6. The second-order valence-corrected chi connectivity index (χ2v) is 8.54. The topological polar surface area (TPSA) is 72.8 Å². The average molecular weight is 408 g/mol. The Morgan fingerprint density at radius 3 is 2.67 bits per heavy atom. The number of para-hydroxylation sites is 1. The molecule has 7 nitrogen and oxygen atoms in total. The third-order valence-electron chi connectivity index (χ3n) is 6.84. The number of rotatable bonds is 4. The standard InChI is InChI=1S/C23H29N5O2/c29-15-19-5-3-10-27(19)22-14-21(24-16-25-22)26-11-7-18(8-12-26)23(30)28-13-9-17-4-1-2-6-20(17)28/h1-2,4,6,14,16,18-19,29H,3,5,7-13,15H2. The van der Waals surface area contributed by atoms with Crippen LogP contribution in [0.3, 0.4) is 0 Å². The zero-order valence-corrected chi connectivity index (χ0v) is 17.3. The maximum absolute atomic E-state index is 13.2. The first-order valence-corrected chi connectivity index (χ1v) is 11.1. The smallest absolute Gasteiger partial charge is 0.230 e. The van der Waals surface area contributed by atoms with E-state index in [1.54, 1.807) is 6.33 Å². The van der Waals surface area contributed by atoms with Gasteiger partial charge < -0.3 is 19.8 Å². The summed E-state index contributed by atoms with van der Waals surface area (Å²) in [4.78, 5) is 28.5. The van der Waals surface area contributed by atoms with Crippen LogP contribution < -0.4 is 14.7 Å². The number of benzene rings is 1. The molecule has 0 bridgehead atoms. The summed E-state index contributed by atoms with van der Waals surface area (Å²) in [6, 6.07) is 10.4. The molecular weight excluding hydrogens is 378 g/mol. The van der Waals surface area contributed by atoms with E-state index in [0.29, 0.717) is 0 Å². The monoisotopic (exact) mass is 407 g/mol. The van der Waals surface area contributed by atoms with E-state index in [2.05, 4.69) is 31.9 Å². The van der Waals surface area contributed by atoms with E-state index in [9.17, 15) is 9.90 Å². The van der Waals surface area contributed by atoms with Crippen LogP contribution in [0.15, 0.2) is 36.7 Å². The normalized spacial score (nSPS) is 21.9. The Bertz CT molecular complexity index is 912. The molecule has 2 fully saturated rings. The van der Waals surface area contributed by atoms with Gasteiger partial charge in [-0.3, -0.25) is 4.79 Å². The van der Waals surface area contributed by atoms with Gasteiger partial charge in [0.2, 0.25) is 5.91 Å². The molecule has 7 heteroatoms. The van der Waals surface area contributed by atoms with Crippen molar-refractivity contribution < 1.29 is 9.90 Å². The highest BCUT2D eigenvalue weighted by Crippen LogP contribution is 2.32. The lowest BCUT2D eigenvalue weighted by Crippen LogP contribution is -2.42. The Morgan fingerprint density at radius 2 is 1.83 bits per heavy atom. The summed E-state index contributed by atoms with van der Waals surface area (Å²) in [5.74, 6) is 2.15. The van der Waals surface area contributed by atoms with E-state index >= 15 is 0 Å². The molecule has 2 aromatic rings. The molecule has 0 radical (unpaired) electrons. The van der Waals surface area contributed by atoms with Crippen molar-refractivity contribution in [2.45, 2.75) is 38.1 Å². The number of carbonyl (C=O) groups excluding carboxylic acids is 1. The molecule has 0 spiro atoms. The molecule has 2 saturated heterocycles. The number of anilines is 3. The summed E-state index contributed by atoms with van der Waals surface area (Å²) in [6.07, 6.45) is 6.35. The predicted molar refractivity (Wildman–Crippen MR) is 117 cm³/mol. The van der Waals surface area contributed by atoms with Crippen molar-refractivity contribution in [3.05, 3.63) is 42.2 Å². The maximum Gasteiger partial charge on any atom is 0.230 e. The number of amides is 1. The molecule has 158 valence electrons. The average Bonchev–Trinajstić information content (AvgIpc) is 3.46. The summed E-state index contributed by atoms with van der Waals surface area (Å²) in [5.41, 5.74) is 2.37. The van der Waals surface area contributed by atoms with Gasteiger partial charge in [0.15, 0.2) is 0 Å². The minimum atomic E-state index is 0.0751. The Morgan fingerprint density at radius 1 is 1.03 bits per heavy atom. The van der Waals surface area contributed by atoms with E-state index < -0.39 is 0 Å². The number of aliphatic hydroxyl groups excluding tert-OH is 1. The molecule has 0 saturated carbocycles. The number of piperidine rings is 1. The van der Waals surface area contributed by atoms with Gasteiger partial charge in [-0.1, -0.05) is 18.2 Å². The summed E-state index contributed by atoms with van der Waals surface area (Å²) in [5, 5.41) is 9.62. The predicted octanol–water partition coefficient (Wildman–Crippen LogP) is 2.24. The molecular formula is C23H29N5O2. The largest absolute Gasteiger partial charge is 0.394 e.